The van der Waals surface area contributed by atoms with Gasteiger partial charge in [-0.05, 0) is 37.5 Å². The molecular weight excluding hydrogens is 304 g/mol. The lowest BCUT2D eigenvalue weighted by atomic mass is 9.90. The molecule has 24 heavy (non-hydrogen) atoms. The minimum Gasteiger partial charge on any atom is -0.481 e. The van der Waals surface area contributed by atoms with Gasteiger partial charge in [0.2, 0.25) is 0 Å². The molecule has 0 spiro atoms. The van der Waals surface area contributed by atoms with Crippen molar-refractivity contribution in [3.8, 4) is 0 Å². The van der Waals surface area contributed by atoms with Crippen LogP contribution in [0.25, 0.3) is 0 Å². The van der Waals surface area contributed by atoms with Gasteiger partial charge in [0, 0.05) is 12.8 Å². The molecule has 0 aromatic rings. The Labute approximate surface area is 148 Å². The van der Waals surface area contributed by atoms with Gasteiger partial charge in [-0.1, -0.05) is 65.2 Å². The first-order valence-corrected chi connectivity index (χ1v) is 9.93. The fraction of sp³-hybridized carbons (Fsp3) is 0.900. The predicted molar refractivity (Wildman–Crippen MR) is 98.2 cm³/mol. The lowest BCUT2D eigenvalue weighted by molar-refractivity contribution is -0.139. The summed E-state index contributed by atoms with van der Waals surface area (Å²) in [6.45, 7) is 4.29. The average molecular weight is 343 g/mol. The summed E-state index contributed by atoms with van der Waals surface area (Å²) in [5.41, 5.74) is 0. The lowest BCUT2D eigenvalue weighted by Crippen LogP contribution is -2.09. The quantitative estimate of drug-likeness (QED) is 0.323. The molecular formula is C20H38O4. The summed E-state index contributed by atoms with van der Waals surface area (Å²) in [7, 11) is 0. The van der Waals surface area contributed by atoms with Crippen LogP contribution in [0.4, 0.5) is 0 Å². The Balaban J connectivity index is 3.86. The second-order valence-corrected chi connectivity index (χ2v) is 7.20. The van der Waals surface area contributed by atoms with Crippen LogP contribution in [0.15, 0.2) is 0 Å². The van der Waals surface area contributed by atoms with E-state index in [0.29, 0.717) is 24.7 Å². The van der Waals surface area contributed by atoms with E-state index < -0.39 is 11.9 Å². The number of unbranched alkanes of at least 4 members (excludes halogenated alkanes) is 5. The van der Waals surface area contributed by atoms with Crippen LogP contribution in [-0.2, 0) is 9.59 Å². The second-order valence-electron chi connectivity index (χ2n) is 7.20. The third-order valence-corrected chi connectivity index (χ3v) is 4.83. The van der Waals surface area contributed by atoms with E-state index in [-0.39, 0.29) is 0 Å². The fourth-order valence-corrected chi connectivity index (χ4v) is 3.40. The van der Waals surface area contributed by atoms with Crippen molar-refractivity contribution in [1.29, 1.82) is 0 Å². The van der Waals surface area contributed by atoms with Gasteiger partial charge in [-0.15, -0.1) is 0 Å². The molecule has 2 unspecified atom stereocenters. The zero-order valence-electron chi connectivity index (χ0n) is 15.8. The highest BCUT2D eigenvalue weighted by molar-refractivity contribution is 5.67. The Morgan fingerprint density at radius 3 is 1.25 bits per heavy atom. The highest BCUT2D eigenvalue weighted by Crippen LogP contribution is 2.23. The van der Waals surface area contributed by atoms with Gasteiger partial charge < -0.3 is 10.2 Å². The van der Waals surface area contributed by atoms with Crippen molar-refractivity contribution in [3.63, 3.8) is 0 Å². The number of hydrogen-bond acceptors (Lipinski definition) is 2. The Bertz CT molecular complexity index is 296. The zero-order valence-corrected chi connectivity index (χ0v) is 15.8. The van der Waals surface area contributed by atoms with Gasteiger partial charge in [0.1, 0.15) is 0 Å². The molecule has 4 nitrogen and oxygen atoms in total. The summed E-state index contributed by atoms with van der Waals surface area (Å²) in [4.78, 5) is 21.8. The summed E-state index contributed by atoms with van der Waals surface area (Å²) in [6.07, 6.45) is 13.6. The van der Waals surface area contributed by atoms with E-state index in [1.165, 1.54) is 0 Å². The number of carbonyl (C=O) groups is 2. The SMILES string of the molecule is CCCCC(CCCCCCC(CCCC)CC(=O)O)CC(=O)O. The van der Waals surface area contributed by atoms with Gasteiger partial charge in [-0.2, -0.15) is 0 Å². The Morgan fingerprint density at radius 2 is 0.958 bits per heavy atom. The van der Waals surface area contributed by atoms with Crippen LogP contribution in [0, 0.1) is 11.8 Å². The van der Waals surface area contributed by atoms with E-state index in [1.807, 2.05) is 0 Å². The predicted octanol–water partition coefficient (Wildman–Crippen LogP) is 5.89. The number of carboxylic acids is 2. The smallest absolute Gasteiger partial charge is 0.303 e. The lowest BCUT2D eigenvalue weighted by Gasteiger charge is -2.15. The first kappa shape index (κ1) is 22.9. The Morgan fingerprint density at radius 1 is 0.625 bits per heavy atom. The summed E-state index contributed by atoms with van der Waals surface area (Å²) < 4.78 is 0. The van der Waals surface area contributed by atoms with Crippen LogP contribution in [-0.4, -0.2) is 22.2 Å². The molecule has 0 amide bonds. The first-order chi connectivity index (χ1) is 11.5. The number of aliphatic carboxylic acids is 2. The summed E-state index contributed by atoms with van der Waals surface area (Å²) in [6, 6.07) is 0. The van der Waals surface area contributed by atoms with Crippen molar-refractivity contribution in [2.45, 2.75) is 104 Å². The van der Waals surface area contributed by atoms with E-state index in [2.05, 4.69) is 13.8 Å². The van der Waals surface area contributed by atoms with E-state index in [4.69, 9.17) is 10.2 Å². The fourth-order valence-electron chi connectivity index (χ4n) is 3.40. The Hall–Kier alpha value is -1.06. The van der Waals surface area contributed by atoms with Crippen molar-refractivity contribution in [1.82, 2.24) is 0 Å². The topological polar surface area (TPSA) is 74.6 Å². The molecule has 0 bridgehead atoms. The highest BCUT2D eigenvalue weighted by atomic mass is 16.4. The third-order valence-electron chi connectivity index (χ3n) is 4.83. The van der Waals surface area contributed by atoms with Gasteiger partial charge in [-0.25, -0.2) is 0 Å². The maximum Gasteiger partial charge on any atom is 0.303 e. The normalized spacial score (nSPS) is 13.6. The van der Waals surface area contributed by atoms with Crippen LogP contribution < -0.4 is 0 Å². The van der Waals surface area contributed by atoms with Gasteiger partial charge >= 0.3 is 11.9 Å². The van der Waals surface area contributed by atoms with Crippen molar-refractivity contribution >= 4 is 11.9 Å². The summed E-state index contributed by atoms with van der Waals surface area (Å²) >= 11 is 0. The molecule has 0 saturated heterocycles. The summed E-state index contributed by atoms with van der Waals surface area (Å²) in [5.74, 6) is -0.703. The number of hydrogen-bond donors (Lipinski definition) is 2. The monoisotopic (exact) mass is 342 g/mol. The van der Waals surface area contributed by atoms with Crippen LogP contribution >= 0.6 is 0 Å². The third kappa shape index (κ3) is 14.5. The standard InChI is InChI=1S/C20H38O4/c1-3-5-11-17(15-19(21)22)13-9-7-8-10-14-18(12-6-4-2)16-20(23)24/h17-18H,3-16H2,1-2H3,(H,21,22)(H,23,24). The van der Waals surface area contributed by atoms with E-state index in [0.717, 1.165) is 77.0 Å². The van der Waals surface area contributed by atoms with Gasteiger partial charge in [-0.3, -0.25) is 9.59 Å². The van der Waals surface area contributed by atoms with Crippen molar-refractivity contribution in [2.24, 2.45) is 11.8 Å². The molecule has 0 aliphatic carbocycles. The maximum atomic E-state index is 10.9. The van der Waals surface area contributed by atoms with Crippen LogP contribution in [0.2, 0.25) is 0 Å². The maximum absolute atomic E-state index is 10.9. The molecule has 0 rings (SSSR count). The molecule has 0 fully saturated rings. The minimum absolute atomic E-state index is 0.303. The van der Waals surface area contributed by atoms with Gasteiger partial charge in [0.15, 0.2) is 0 Å². The van der Waals surface area contributed by atoms with Crippen molar-refractivity contribution < 1.29 is 19.8 Å². The molecule has 0 aromatic heterocycles. The molecule has 0 aliphatic heterocycles. The molecule has 2 N–H and O–H groups in total. The van der Waals surface area contributed by atoms with Gasteiger partial charge in [0.05, 0.1) is 0 Å². The minimum atomic E-state index is -0.677. The average Bonchev–Trinajstić information content (AvgIpc) is 2.51. The van der Waals surface area contributed by atoms with Crippen LogP contribution in [0.3, 0.4) is 0 Å². The largest absolute Gasteiger partial charge is 0.481 e. The molecule has 0 saturated carbocycles. The van der Waals surface area contributed by atoms with Crippen LogP contribution in [0.1, 0.15) is 104 Å². The van der Waals surface area contributed by atoms with Gasteiger partial charge in [0.25, 0.3) is 0 Å². The highest BCUT2D eigenvalue weighted by Gasteiger charge is 2.14. The van der Waals surface area contributed by atoms with E-state index in [1.54, 1.807) is 0 Å². The molecule has 4 heteroatoms. The van der Waals surface area contributed by atoms with Crippen LogP contribution in [0.5, 0.6) is 0 Å². The molecule has 0 heterocycles. The summed E-state index contributed by atoms with van der Waals surface area (Å²) in [5, 5.41) is 18.0. The second kappa shape index (κ2) is 15.5. The van der Waals surface area contributed by atoms with Crippen molar-refractivity contribution in [3.05, 3.63) is 0 Å². The van der Waals surface area contributed by atoms with E-state index >= 15 is 0 Å². The Kier molecular flexibility index (Phi) is 14.8. The molecule has 0 radical (unpaired) electrons. The zero-order chi connectivity index (χ0) is 18.2. The molecule has 0 aromatic carbocycles. The number of carboxylic acid groups (broad SMARTS) is 2. The first-order valence-electron chi connectivity index (χ1n) is 9.93. The molecule has 0 aliphatic rings. The van der Waals surface area contributed by atoms with Crippen molar-refractivity contribution in [2.75, 3.05) is 0 Å². The van der Waals surface area contributed by atoms with E-state index in [9.17, 15) is 9.59 Å². The number of rotatable bonds is 17. The molecule has 142 valence electrons. The molecule has 2 atom stereocenters.